The Bertz CT molecular complexity index is 821. The van der Waals surface area contributed by atoms with E-state index < -0.39 is 6.10 Å². The lowest BCUT2D eigenvalue weighted by atomic mass is 10.0. The number of nitrogens with one attached hydrogen (secondary N) is 1. The molecule has 0 amide bonds. The van der Waals surface area contributed by atoms with Crippen molar-refractivity contribution in [2.45, 2.75) is 26.0 Å². The highest BCUT2D eigenvalue weighted by molar-refractivity contribution is 5.87. The molecule has 0 aliphatic rings. The SMILES string of the molecule is CO[C@H](c1ccccc1F)[C@H](C)Nc1ncnc2onc(C)c12. The van der Waals surface area contributed by atoms with E-state index in [9.17, 15) is 4.39 Å². The minimum Gasteiger partial charge on any atom is -0.375 e. The van der Waals surface area contributed by atoms with Gasteiger partial charge in [0.05, 0.1) is 11.7 Å². The molecule has 3 rings (SSSR count). The molecule has 0 aliphatic carbocycles. The van der Waals surface area contributed by atoms with Gasteiger partial charge in [-0.15, -0.1) is 0 Å². The number of benzene rings is 1. The summed E-state index contributed by atoms with van der Waals surface area (Å²) in [5, 5.41) is 7.85. The number of hydrogen-bond acceptors (Lipinski definition) is 6. The van der Waals surface area contributed by atoms with Crippen molar-refractivity contribution in [2.75, 3.05) is 12.4 Å². The number of ether oxygens (including phenoxy) is 1. The summed E-state index contributed by atoms with van der Waals surface area (Å²) in [7, 11) is 1.55. The minimum absolute atomic E-state index is 0.232. The molecule has 7 heteroatoms. The fourth-order valence-corrected chi connectivity index (χ4v) is 2.63. The first-order valence-corrected chi connectivity index (χ1v) is 7.22. The summed E-state index contributed by atoms with van der Waals surface area (Å²) in [4.78, 5) is 8.28. The highest BCUT2D eigenvalue weighted by Crippen LogP contribution is 2.28. The third kappa shape index (κ3) is 2.87. The molecule has 0 fully saturated rings. The number of nitrogens with zero attached hydrogens (tertiary/aromatic N) is 3. The van der Waals surface area contributed by atoms with Crippen molar-refractivity contribution in [1.29, 1.82) is 0 Å². The van der Waals surface area contributed by atoms with Crippen molar-refractivity contribution in [3.8, 4) is 0 Å². The molecule has 0 spiro atoms. The van der Waals surface area contributed by atoms with Gasteiger partial charge in [0.15, 0.2) is 0 Å². The molecule has 0 aliphatic heterocycles. The van der Waals surface area contributed by atoms with Gasteiger partial charge in [-0.3, -0.25) is 0 Å². The van der Waals surface area contributed by atoms with Crippen molar-refractivity contribution in [3.63, 3.8) is 0 Å². The molecule has 3 aromatic rings. The quantitative estimate of drug-likeness (QED) is 0.779. The zero-order chi connectivity index (χ0) is 16.4. The Labute approximate surface area is 132 Å². The highest BCUT2D eigenvalue weighted by atomic mass is 19.1. The molecule has 6 nitrogen and oxygen atoms in total. The van der Waals surface area contributed by atoms with E-state index in [2.05, 4.69) is 20.4 Å². The highest BCUT2D eigenvalue weighted by Gasteiger charge is 2.23. The molecule has 23 heavy (non-hydrogen) atoms. The van der Waals surface area contributed by atoms with E-state index in [0.29, 0.717) is 28.2 Å². The van der Waals surface area contributed by atoms with Crippen LogP contribution in [0, 0.1) is 12.7 Å². The van der Waals surface area contributed by atoms with Crippen LogP contribution in [0.25, 0.3) is 11.1 Å². The van der Waals surface area contributed by atoms with Crippen LogP contribution in [0.4, 0.5) is 10.2 Å². The van der Waals surface area contributed by atoms with Crippen molar-refractivity contribution in [2.24, 2.45) is 0 Å². The summed E-state index contributed by atoms with van der Waals surface area (Å²) < 4.78 is 24.7. The molecule has 0 saturated carbocycles. The number of hydrogen-bond donors (Lipinski definition) is 1. The van der Waals surface area contributed by atoms with Gasteiger partial charge in [-0.05, 0) is 19.9 Å². The van der Waals surface area contributed by atoms with E-state index in [-0.39, 0.29) is 11.9 Å². The number of aryl methyl sites for hydroxylation is 1. The van der Waals surface area contributed by atoms with Crippen molar-refractivity contribution in [3.05, 3.63) is 47.7 Å². The molecule has 1 aromatic carbocycles. The number of rotatable bonds is 5. The number of anilines is 1. The van der Waals surface area contributed by atoms with Crippen LogP contribution in [0.1, 0.15) is 24.3 Å². The van der Waals surface area contributed by atoms with Crippen LogP contribution in [0.2, 0.25) is 0 Å². The third-order valence-corrected chi connectivity index (χ3v) is 3.73. The van der Waals surface area contributed by atoms with Crippen molar-refractivity contribution >= 4 is 16.9 Å². The van der Waals surface area contributed by atoms with Gasteiger partial charge in [-0.25, -0.2) is 9.37 Å². The predicted molar refractivity (Wildman–Crippen MR) is 83.6 cm³/mol. The Morgan fingerprint density at radius 3 is 2.78 bits per heavy atom. The summed E-state index contributed by atoms with van der Waals surface area (Å²) >= 11 is 0. The molecule has 120 valence electrons. The van der Waals surface area contributed by atoms with Crippen LogP contribution in [0.5, 0.6) is 0 Å². The van der Waals surface area contributed by atoms with Gasteiger partial charge in [-0.2, -0.15) is 4.98 Å². The Morgan fingerprint density at radius 1 is 1.26 bits per heavy atom. The average Bonchev–Trinajstić information content (AvgIpc) is 2.92. The van der Waals surface area contributed by atoms with E-state index in [1.807, 2.05) is 13.8 Å². The molecule has 0 saturated heterocycles. The maximum atomic E-state index is 14.0. The topological polar surface area (TPSA) is 73.1 Å². The lowest BCUT2D eigenvalue weighted by molar-refractivity contribution is 0.0876. The first kappa shape index (κ1) is 15.4. The fourth-order valence-electron chi connectivity index (χ4n) is 2.63. The monoisotopic (exact) mass is 316 g/mol. The van der Waals surface area contributed by atoms with E-state index >= 15 is 0 Å². The maximum Gasteiger partial charge on any atom is 0.263 e. The molecule has 1 N–H and O–H groups in total. The largest absolute Gasteiger partial charge is 0.375 e. The fraction of sp³-hybridized carbons (Fsp3) is 0.312. The van der Waals surface area contributed by atoms with Gasteiger partial charge < -0.3 is 14.6 Å². The van der Waals surface area contributed by atoms with Crippen LogP contribution in [-0.4, -0.2) is 28.3 Å². The van der Waals surface area contributed by atoms with E-state index in [0.717, 1.165) is 0 Å². The molecule has 0 bridgehead atoms. The number of methoxy groups -OCH3 is 1. The predicted octanol–water partition coefficient (Wildman–Crippen LogP) is 3.25. The van der Waals surface area contributed by atoms with Crippen LogP contribution < -0.4 is 5.32 Å². The Morgan fingerprint density at radius 2 is 2.04 bits per heavy atom. The zero-order valence-corrected chi connectivity index (χ0v) is 13.1. The van der Waals surface area contributed by atoms with Gasteiger partial charge in [-0.1, -0.05) is 23.4 Å². The maximum absolute atomic E-state index is 14.0. The molecule has 0 unspecified atom stereocenters. The molecule has 2 heterocycles. The molecule has 0 radical (unpaired) electrons. The second-order valence-electron chi connectivity index (χ2n) is 5.28. The van der Waals surface area contributed by atoms with Crippen LogP contribution in [-0.2, 0) is 4.74 Å². The summed E-state index contributed by atoms with van der Waals surface area (Å²) in [6.07, 6.45) is 0.925. The van der Waals surface area contributed by atoms with E-state index in [1.54, 1.807) is 25.3 Å². The molecular weight excluding hydrogens is 299 g/mol. The van der Waals surface area contributed by atoms with Crippen LogP contribution in [0.15, 0.2) is 35.1 Å². The van der Waals surface area contributed by atoms with Gasteiger partial charge >= 0.3 is 0 Å². The lowest BCUT2D eigenvalue weighted by Crippen LogP contribution is -2.27. The number of halogens is 1. The Kier molecular flexibility index (Phi) is 4.20. The summed E-state index contributed by atoms with van der Waals surface area (Å²) in [6, 6.07) is 6.33. The van der Waals surface area contributed by atoms with E-state index in [4.69, 9.17) is 9.26 Å². The summed E-state index contributed by atoms with van der Waals surface area (Å²) in [5.74, 6) is 0.279. The van der Waals surface area contributed by atoms with Gasteiger partial charge in [0.2, 0.25) is 0 Å². The second kappa shape index (κ2) is 6.29. The number of aromatic nitrogens is 3. The van der Waals surface area contributed by atoms with Gasteiger partial charge in [0.25, 0.3) is 5.71 Å². The molecule has 2 aromatic heterocycles. The van der Waals surface area contributed by atoms with Crippen LogP contribution >= 0.6 is 0 Å². The standard InChI is InChI=1S/C16H17FN4O2/c1-9-13-15(18-8-19-16(13)23-21-9)20-10(2)14(22-3)11-6-4-5-7-12(11)17/h4-8,10,14H,1-3H3,(H,18,19,20)/t10-,14-/m0/s1. The van der Waals surface area contributed by atoms with Crippen molar-refractivity contribution < 1.29 is 13.7 Å². The second-order valence-corrected chi connectivity index (χ2v) is 5.28. The first-order valence-electron chi connectivity index (χ1n) is 7.22. The first-order chi connectivity index (χ1) is 11.1. The Balaban J connectivity index is 1.91. The third-order valence-electron chi connectivity index (χ3n) is 3.73. The van der Waals surface area contributed by atoms with E-state index in [1.165, 1.54) is 12.4 Å². The zero-order valence-electron chi connectivity index (χ0n) is 13.1. The summed E-state index contributed by atoms with van der Waals surface area (Å²) in [5.41, 5.74) is 1.59. The minimum atomic E-state index is -0.471. The average molecular weight is 316 g/mol. The number of fused-ring (bicyclic) bond motifs is 1. The van der Waals surface area contributed by atoms with Crippen LogP contribution in [0.3, 0.4) is 0 Å². The molecular formula is C16H17FN4O2. The van der Waals surface area contributed by atoms with Gasteiger partial charge in [0.1, 0.15) is 29.5 Å². The normalized spacial score (nSPS) is 13.9. The summed E-state index contributed by atoms with van der Waals surface area (Å²) in [6.45, 7) is 3.72. The Hall–Kier alpha value is -2.54. The van der Waals surface area contributed by atoms with Gasteiger partial charge in [0, 0.05) is 12.7 Å². The molecule has 2 atom stereocenters. The lowest BCUT2D eigenvalue weighted by Gasteiger charge is -2.25. The smallest absolute Gasteiger partial charge is 0.263 e. The van der Waals surface area contributed by atoms with Crippen molar-refractivity contribution in [1.82, 2.24) is 15.1 Å².